The van der Waals surface area contributed by atoms with Gasteiger partial charge in [-0.05, 0) is 45.4 Å². The molecule has 0 aromatic heterocycles. The smallest absolute Gasteiger partial charge is 0.0673 e. The van der Waals surface area contributed by atoms with Gasteiger partial charge < -0.3 is 5.11 Å². The van der Waals surface area contributed by atoms with Gasteiger partial charge >= 0.3 is 0 Å². The largest absolute Gasteiger partial charge is 0.392 e. The Morgan fingerprint density at radius 2 is 1.92 bits per heavy atom. The van der Waals surface area contributed by atoms with Crippen molar-refractivity contribution in [2.45, 2.75) is 51.7 Å². The van der Waals surface area contributed by atoms with Crippen LogP contribution in [0.3, 0.4) is 0 Å². The number of rotatable bonds is 0. The Hall–Kier alpha value is -0.0800. The number of nitrogens with zero attached hydrogens (tertiary/aromatic N) is 1. The molecular formula is C11H21NO. The third-order valence-corrected chi connectivity index (χ3v) is 3.53. The predicted octanol–water partition coefficient (Wildman–Crippen LogP) is 1.63. The summed E-state index contributed by atoms with van der Waals surface area (Å²) in [6, 6.07) is 0. The summed E-state index contributed by atoms with van der Waals surface area (Å²) < 4.78 is 0. The van der Waals surface area contributed by atoms with Crippen molar-refractivity contribution in [2.75, 3.05) is 13.1 Å². The first-order chi connectivity index (χ1) is 5.91. The normalized spacial score (nSPS) is 33.7. The minimum Gasteiger partial charge on any atom is -0.392 e. The predicted molar refractivity (Wildman–Crippen MR) is 53.6 cm³/mol. The van der Waals surface area contributed by atoms with Gasteiger partial charge in [0.1, 0.15) is 0 Å². The standard InChI is InChI=1S/C11H21NO/c1-10(2,3)12-7-9(13)6-11(8-12)4-5-11/h9,13H,4-8H2,1-3H3/t9-/m1/s1. The highest BCUT2D eigenvalue weighted by atomic mass is 16.3. The quantitative estimate of drug-likeness (QED) is 0.617. The number of likely N-dealkylation sites (tertiary alicyclic amines) is 1. The highest BCUT2D eigenvalue weighted by Crippen LogP contribution is 2.52. The molecule has 0 radical (unpaired) electrons. The van der Waals surface area contributed by atoms with Crippen molar-refractivity contribution in [3.63, 3.8) is 0 Å². The summed E-state index contributed by atoms with van der Waals surface area (Å²) in [5, 5.41) is 9.78. The highest BCUT2D eigenvalue weighted by Gasteiger charge is 2.49. The van der Waals surface area contributed by atoms with Crippen LogP contribution in [0.25, 0.3) is 0 Å². The van der Waals surface area contributed by atoms with E-state index in [0.29, 0.717) is 5.41 Å². The number of aliphatic hydroxyl groups excluding tert-OH is 1. The van der Waals surface area contributed by atoms with Crippen molar-refractivity contribution < 1.29 is 5.11 Å². The van der Waals surface area contributed by atoms with Gasteiger partial charge in [0.25, 0.3) is 0 Å². The van der Waals surface area contributed by atoms with Crippen LogP contribution >= 0.6 is 0 Å². The summed E-state index contributed by atoms with van der Waals surface area (Å²) in [5.74, 6) is 0. The van der Waals surface area contributed by atoms with Crippen molar-refractivity contribution in [1.29, 1.82) is 0 Å². The number of aliphatic hydroxyl groups is 1. The third-order valence-electron chi connectivity index (χ3n) is 3.53. The SMILES string of the molecule is CC(C)(C)N1C[C@H](O)CC2(CC2)C1. The minimum atomic E-state index is -0.0875. The van der Waals surface area contributed by atoms with Gasteiger partial charge in [0.05, 0.1) is 6.10 Å². The average Bonchev–Trinajstić information content (AvgIpc) is 2.65. The first kappa shape index (κ1) is 9.47. The third kappa shape index (κ3) is 1.89. The van der Waals surface area contributed by atoms with E-state index < -0.39 is 0 Å². The molecule has 0 unspecified atom stereocenters. The molecule has 1 atom stereocenters. The van der Waals surface area contributed by atoms with Gasteiger partial charge in [-0.15, -0.1) is 0 Å². The Labute approximate surface area is 80.9 Å². The lowest BCUT2D eigenvalue weighted by Crippen LogP contribution is -2.52. The zero-order chi connectivity index (χ0) is 9.69. The molecule has 1 aliphatic heterocycles. The number of hydrogen-bond donors (Lipinski definition) is 1. The van der Waals surface area contributed by atoms with Gasteiger partial charge in [-0.1, -0.05) is 0 Å². The van der Waals surface area contributed by atoms with Crippen LogP contribution in [0.15, 0.2) is 0 Å². The van der Waals surface area contributed by atoms with Crippen LogP contribution in [-0.4, -0.2) is 34.7 Å². The van der Waals surface area contributed by atoms with Crippen LogP contribution in [0.1, 0.15) is 40.0 Å². The first-order valence-corrected chi connectivity index (χ1v) is 5.34. The molecule has 1 aliphatic carbocycles. The van der Waals surface area contributed by atoms with Crippen LogP contribution < -0.4 is 0 Å². The zero-order valence-electron chi connectivity index (χ0n) is 9.01. The Kier molecular flexibility index (Phi) is 1.97. The maximum atomic E-state index is 9.78. The van der Waals surface area contributed by atoms with Crippen molar-refractivity contribution >= 4 is 0 Å². The van der Waals surface area contributed by atoms with Crippen molar-refractivity contribution in [3.8, 4) is 0 Å². The summed E-state index contributed by atoms with van der Waals surface area (Å²) >= 11 is 0. The van der Waals surface area contributed by atoms with Crippen LogP contribution in [0, 0.1) is 5.41 Å². The van der Waals surface area contributed by atoms with Gasteiger partial charge in [0, 0.05) is 18.6 Å². The topological polar surface area (TPSA) is 23.5 Å². The minimum absolute atomic E-state index is 0.0875. The number of β-amino-alcohol motifs (C(OH)–C–C–N with tert-alkyl or cyclic N) is 1. The van der Waals surface area contributed by atoms with Crippen LogP contribution in [0.2, 0.25) is 0 Å². The Morgan fingerprint density at radius 3 is 2.38 bits per heavy atom. The lowest BCUT2D eigenvalue weighted by molar-refractivity contribution is -0.0124. The maximum Gasteiger partial charge on any atom is 0.0673 e. The fraction of sp³-hybridized carbons (Fsp3) is 1.00. The van der Waals surface area contributed by atoms with Gasteiger partial charge in [0.2, 0.25) is 0 Å². The number of hydrogen-bond acceptors (Lipinski definition) is 2. The van der Waals surface area contributed by atoms with Gasteiger partial charge in [-0.2, -0.15) is 0 Å². The van der Waals surface area contributed by atoms with Gasteiger partial charge in [-0.3, -0.25) is 4.90 Å². The summed E-state index contributed by atoms with van der Waals surface area (Å²) in [7, 11) is 0. The second-order valence-corrected chi connectivity index (χ2v) is 5.91. The van der Waals surface area contributed by atoms with Crippen LogP contribution in [0.4, 0.5) is 0 Å². The average molecular weight is 183 g/mol. The molecule has 0 amide bonds. The number of piperidine rings is 1. The molecule has 1 spiro atoms. The highest BCUT2D eigenvalue weighted by molar-refractivity contribution is 5.02. The first-order valence-electron chi connectivity index (χ1n) is 5.34. The van der Waals surface area contributed by atoms with E-state index in [1.54, 1.807) is 0 Å². The van der Waals surface area contributed by atoms with E-state index in [0.717, 1.165) is 13.0 Å². The molecule has 13 heavy (non-hydrogen) atoms. The summed E-state index contributed by atoms with van der Waals surface area (Å²) in [5.41, 5.74) is 0.724. The Morgan fingerprint density at radius 1 is 1.31 bits per heavy atom. The van der Waals surface area contributed by atoms with Crippen molar-refractivity contribution in [2.24, 2.45) is 5.41 Å². The Bertz CT molecular complexity index is 203. The van der Waals surface area contributed by atoms with E-state index in [2.05, 4.69) is 25.7 Å². The molecule has 2 rings (SSSR count). The van der Waals surface area contributed by atoms with Crippen LogP contribution in [0.5, 0.6) is 0 Å². The van der Waals surface area contributed by atoms with Gasteiger partial charge in [-0.25, -0.2) is 0 Å². The molecule has 1 saturated heterocycles. The fourth-order valence-corrected chi connectivity index (χ4v) is 2.40. The van der Waals surface area contributed by atoms with Crippen LogP contribution in [-0.2, 0) is 0 Å². The monoisotopic (exact) mass is 183 g/mol. The van der Waals surface area contributed by atoms with E-state index in [1.165, 1.54) is 19.4 Å². The lowest BCUT2D eigenvalue weighted by atomic mass is 9.89. The molecule has 2 fully saturated rings. The van der Waals surface area contributed by atoms with E-state index in [9.17, 15) is 5.11 Å². The molecule has 2 heteroatoms. The molecule has 2 aliphatic rings. The molecule has 1 heterocycles. The summed E-state index contributed by atoms with van der Waals surface area (Å²) in [4.78, 5) is 2.44. The fourth-order valence-electron chi connectivity index (χ4n) is 2.40. The molecule has 2 nitrogen and oxygen atoms in total. The lowest BCUT2D eigenvalue weighted by Gasteiger charge is -2.44. The molecule has 0 aromatic rings. The van der Waals surface area contributed by atoms with Crippen molar-refractivity contribution in [1.82, 2.24) is 4.90 Å². The zero-order valence-corrected chi connectivity index (χ0v) is 9.01. The molecule has 1 saturated carbocycles. The summed E-state index contributed by atoms with van der Waals surface area (Å²) in [6.45, 7) is 8.78. The van der Waals surface area contributed by atoms with E-state index in [1.807, 2.05) is 0 Å². The molecular weight excluding hydrogens is 162 g/mol. The van der Waals surface area contributed by atoms with Crippen molar-refractivity contribution in [3.05, 3.63) is 0 Å². The van der Waals surface area contributed by atoms with E-state index in [4.69, 9.17) is 0 Å². The van der Waals surface area contributed by atoms with E-state index >= 15 is 0 Å². The second-order valence-electron chi connectivity index (χ2n) is 5.91. The Balaban J connectivity index is 2.05. The maximum absolute atomic E-state index is 9.78. The van der Waals surface area contributed by atoms with Gasteiger partial charge in [0.15, 0.2) is 0 Å². The summed E-state index contributed by atoms with van der Waals surface area (Å²) in [6.07, 6.45) is 3.61. The molecule has 1 N–H and O–H groups in total. The molecule has 0 aromatic carbocycles. The molecule has 76 valence electrons. The molecule has 0 bridgehead atoms. The second kappa shape index (κ2) is 2.71. The van der Waals surface area contributed by atoms with E-state index in [-0.39, 0.29) is 11.6 Å².